The monoisotopic (exact) mass is 519 g/mol. The smallest absolute Gasteiger partial charge is 0.316 e. The Kier molecular flexibility index (Phi) is 7.12. The summed E-state index contributed by atoms with van der Waals surface area (Å²) in [7, 11) is 1.54. The molecule has 0 spiro atoms. The number of aromatic nitrogens is 2. The van der Waals surface area contributed by atoms with Crippen LogP contribution in [0.1, 0.15) is 16.2 Å². The molecule has 1 heterocycles. The van der Waals surface area contributed by atoms with Gasteiger partial charge in [-0.25, -0.2) is 0 Å². The fraction of sp³-hybridized carbons (Fsp3) is 0.0870. The highest BCUT2D eigenvalue weighted by Crippen LogP contribution is 2.35. The Morgan fingerprint density at radius 3 is 2.32 bits per heavy atom. The number of aromatic hydroxyl groups is 1. The quantitative estimate of drug-likeness (QED) is 0.302. The average Bonchev–Trinajstić information content (AvgIpc) is 3.32. The predicted molar refractivity (Wildman–Crippen MR) is 127 cm³/mol. The third kappa shape index (κ3) is 5.36. The Hall–Kier alpha value is -3.46. The minimum absolute atomic E-state index is 0.0285. The van der Waals surface area contributed by atoms with Crippen LogP contribution in [-0.4, -0.2) is 28.3 Å². The van der Waals surface area contributed by atoms with Gasteiger partial charge in [-0.1, -0.05) is 52.1 Å². The Morgan fingerprint density at radius 2 is 1.68 bits per heavy atom. The molecular formula is C23H16Cl3N3O5. The van der Waals surface area contributed by atoms with Gasteiger partial charge in [0.15, 0.2) is 5.75 Å². The topological polar surface area (TPSA) is 107 Å². The number of halogens is 3. The molecule has 174 valence electrons. The fourth-order valence-electron chi connectivity index (χ4n) is 2.91. The van der Waals surface area contributed by atoms with Gasteiger partial charge in [-0.15, -0.1) is 0 Å². The number of phenols is 1. The first-order chi connectivity index (χ1) is 16.3. The summed E-state index contributed by atoms with van der Waals surface area (Å²) in [6.07, 6.45) is 0. The molecule has 4 rings (SSSR count). The van der Waals surface area contributed by atoms with Crippen LogP contribution in [0.4, 0.5) is 0 Å². The third-order valence-electron chi connectivity index (χ3n) is 4.63. The van der Waals surface area contributed by atoms with Crippen molar-refractivity contribution < 1.29 is 23.9 Å². The zero-order valence-corrected chi connectivity index (χ0v) is 19.8. The van der Waals surface area contributed by atoms with E-state index in [9.17, 15) is 9.90 Å². The SMILES string of the molecule is COc1ccc(Oc2ccc(CNC(=O)c3nc(-c4cc(Cl)c(O)c(Cl)c4)no3)cc2)cc1Cl. The molecule has 3 aromatic carbocycles. The number of ether oxygens (including phenoxy) is 2. The van der Waals surface area contributed by atoms with Crippen LogP contribution in [-0.2, 0) is 6.54 Å². The molecule has 0 radical (unpaired) electrons. The Morgan fingerprint density at radius 1 is 1.00 bits per heavy atom. The van der Waals surface area contributed by atoms with Crippen molar-refractivity contribution in [3.63, 3.8) is 0 Å². The predicted octanol–water partition coefficient (Wildman–Crippen LogP) is 6.13. The van der Waals surface area contributed by atoms with Gasteiger partial charge in [0, 0.05) is 18.2 Å². The molecule has 1 amide bonds. The normalized spacial score (nSPS) is 10.7. The number of amides is 1. The Labute approximate surface area is 209 Å². The first-order valence-electron chi connectivity index (χ1n) is 9.74. The molecule has 0 fully saturated rings. The van der Waals surface area contributed by atoms with Crippen LogP contribution in [0.2, 0.25) is 15.1 Å². The van der Waals surface area contributed by atoms with E-state index in [0.29, 0.717) is 27.8 Å². The molecule has 8 nitrogen and oxygen atoms in total. The van der Waals surface area contributed by atoms with Crippen LogP contribution in [0.3, 0.4) is 0 Å². The van der Waals surface area contributed by atoms with E-state index in [1.54, 1.807) is 49.6 Å². The van der Waals surface area contributed by atoms with E-state index in [4.69, 9.17) is 48.8 Å². The zero-order valence-electron chi connectivity index (χ0n) is 17.5. The summed E-state index contributed by atoms with van der Waals surface area (Å²) in [5.74, 6) is 0.796. The zero-order chi connectivity index (χ0) is 24.2. The van der Waals surface area contributed by atoms with Gasteiger partial charge >= 0.3 is 11.8 Å². The summed E-state index contributed by atoms with van der Waals surface area (Å²) in [6.45, 7) is 0.224. The number of phenolic OH excluding ortho intramolecular Hbond substituents is 1. The number of rotatable bonds is 7. The van der Waals surface area contributed by atoms with Crippen molar-refractivity contribution in [3.8, 4) is 34.4 Å². The number of hydrogen-bond donors (Lipinski definition) is 2. The highest BCUT2D eigenvalue weighted by atomic mass is 35.5. The number of methoxy groups -OCH3 is 1. The lowest BCUT2D eigenvalue weighted by atomic mass is 10.2. The lowest BCUT2D eigenvalue weighted by Crippen LogP contribution is -2.23. The second-order valence-electron chi connectivity index (χ2n) is 6.94. The van der Waals surface area contributed by atoms with Crippen molar-refractivity contribution in [1.82, 2.24) is 15.5 Å². The van der Waals surface area contributed by atoms with Crippen molar-refractivity contribution in [2.75, 3.05) is 7.11 Å². The van der Waals surface area contributed by atoms with Gasteiger partial charge in [0.05, 0.1) is 22.2 Å². The highest BCUT2D eigenvalue weighted by Gasteiger charge is 2.18. The van der Waals surface area contributed by atoms with E-state index in [0.717, 1.165) is 5.56 Å². The molecule has 2 N–H and O–H groups in total. The Bertz CT molecular complexity index is 1320. The minimum atomic E-state index is -0.553. The summed E-state index contributed by atoms with van der Waals surface area (Å²) < 4.78 is 15.9. The molecule has 1 aromatic heterocycles. The summed E-state index contributed by atoms with van der Waals surface area (Å²) in [5.41, 5.74) is 1.22. The summed E-state index contributed by atoms with van der Waals surface area (Å²) >= 11 is 17.9. The summed E-state index contributed by atoms with van der Waals surface area (Å²) in [5, 5.41) is 16.6. The van der Waals surface area contributed by atoms with Crippen LogP contribution in [0.25, 0.3) is 11.4 Å². The van der Waals surface area contributed by atoms with Gasteiger partial charge in [0.1, 0.15) is 17.2 Å². The van der Waals surface area contributed by atoms with Crippen molar-refractivity contribution in [3.05, 3.63) is 81.1 Å². The number of hydrogen-bond acceptors (Lipinski definition) is 7. The maximum Gasteiger partial charge on any atom is 0.316 e. The number of nitrogens with one attached hydrogen (secondary N) is 1. The van der Waals surface area contributed by atoms with Crippen LogP contribution in [0.15, 0.2) is 59.1 Å². The van der Waals surface area contributed by atoms with E-state index in [-0.39, 0.29) is 34.1 Å². The lowest BCUT2D eigenvalue weighted by Gasteiger charge is -2.09. The van der Waals surface area contributed by atoms with E-state index in [1.807, 2.05) is 0 Å². The van der Waals surface area contributed by atoms with E-state index >= 15 is 0 Å². The number of benzene rings is 3. The molecule has 0 aliphatic rings. The summed E-state index contributed by atoms with van der Waals surface area (Å²) in [6, 6.07) is 15.1. The van der Waals surface area contributed by atoms with Crippen molar-refractivity contribution in [1.29, 1.82) is 0 Å². The molecule has 4 aromatic rings. The van der Waals surface area contributed by atoms with Gasteiger partial charge in [0.25, 0.3) is 0 Å². The molecule has 11 heteroatoms. The van der Waals surface area contributed by atoms with Crippen LogP contribution >= 0.6 is 34.8 Å². The maximum atomic E-state index is 12.4. The number of carbonyl (C=O) groups excluding carboxylic acids is 1. The van der Waals surface area contributed by atoms with Gasteiger partial charge in [0.2, 0.25) is 5.82 Å². The first kappa shape index (κ1) is 23.7. The minimum Gasteiger partial charge on any atom is -0.505 e. The molecule has 0 atom stereocenters. The first-order valence-corrected chi connectivity index (χ1v) is 10.9. The van der Waals surface area contributed by atoms with Gasteiger partial charge in [-0.05, 0) is 42.0 Å². The molecule has 0 aliphatic heterocycles. The van der Waals surface area contributed by atoms with Crippen molar-refractivity contribution in [2.45, 2.75) is 6.54 Å². The van der Waals surface area contributed by atoms with Crippen molar-refractivity contribution in [2.24, 2.45) is 0 Å². The molecule has 0 bridgehead atoms. The van der Waals surface area contributed by atoms with Crippen molar-refractivity contribution >= 4 is 40.7 Å². The molecule has 0 saturated carbocycles. The standard InChI is InChI=1S/C23H16Cl3N3O5/c1-32-19-7-6-15(10-16(19)24)33-14-4-2-12(3-5-14)11-27-22(31)23-28-21(29-34-23)13-8-17(25)20(30)18(26)9-13/h2-10,30H,11H2,1H3,(H,27,31). The summed E-state index contributed by atoms with van der Waals surface area (Å²) in [4.78, 5) is 16.5. The molecule has 0 aliphatic carbocycles. The molecular weight excluding hydrogens is 505 g/mol. The lowest BCUT2D eigenvalue weighted by molar-refractivity contribution is 0.0907. The third-order valence-corrected chi connectivity index (χ3v) is 5.50. The van der Waals surface area contributed by atoms with Gasteiger partial charge in [-0.3, -0.25) is 4.79 Å². The number of carbonyl (C=O) groups is 1. The fourth-order valence-corrected chi connectivity index (χ4v) is 3.64. The average molecular weight is 521 g/mol. The van der Waals surface area contributed by atoms with Crippen LogP contribution in [0, 0.1) is 0 Å². The van der Waals surface area contributed by atoms with Gasteiger partial charge in [-0.2, -0.15) is 4.98 Å². The van der Waals surface area contributed by atoms with E-state index < -0.39 is 5.91 Å². The van der Waals surface area contributed by atoms with Crippen LogP contribution in [0.5, 0.6) is 23.0 Å². The maximum absolute atomic E-state index is 12.4. The molecule has 0 saturated heterocycles. The molecule has 0 unspecified atom stereocenters. The highest BCUT2D eigenvalue weighted by molar-refractivity contribution is 6.37. The largest absolute Gasteiger partial charge is 0.505 e. The molecule has 34 heavy (non-hydrogen) atoms. The van der Waals surface area contributed by atoms with E-state index in [2.05, 4.69) is 15.5 Å². The van der Waals surface area contributed by atoms with Gasteiger partial charge < -0.3 is 24.4 Å². The second kappa shape index (κ2) is 10.2. The number of nitrogens with zero attached hydrogens (tertiary/aromatic N) is 2. The van der Waals surface area contributed by atoms with E-state index in [1.165, 1.54) is 12.1 Å². The Balaban J connectivity index is 1.36. The second-order valence-corrected chi connectivity index (χ2v) is 8.16. The van der Waals surface area contributed by atoms with Crippen LogP contribution < -0.4 is 14.8 Å².